The molecule has 0 atom stereocenters. The van der Waals surface area contributed by atoms with Crippen molar-refractivity contribution in [3.63, 3.8) is 0 Å². The first-order valence-electron chi connectivity index (χ1n) is 5.94. The van der Waals surface area contributed by atoms with Crippen LogP contribution in [0.25, 0.3) is 0 Å². The standard InChI is InChI=1S/C12H15FN2O4/c13-9-8(11(16)17)1-4-14-10(9)15-7-12(18)2-5-19-6-3-12/h1,4,18H,2-3,5-7H2,(H,14,15)(H,16,17). The number of aromatic nitrogens is 1. The van der Waals surface area contributed by atoms with Gasteiger partial charge in [0.05, 0.1) is 5.60 Å². The van der Waals surface area contributed by atoms with Gasteiger partial charge in [-0.25, -0.2) is 14.2 Å². The minimum absolute atomic E-state index is 0.101. The number of ether oxygens (including phenoxy) is 1. The smallest absolute Gasteiger partial charge is 0.338 e. The Morgan fingerprint density at radius 2 is 2.21 bits per heavy atom. The van der Waals surface area contributed by atoms with E-state index >= 15 is 0 Å². The maximum atomic E-state index is 13.8. The zero-order valence-corrected chi connectivity index (χ0v) is 10.2. The van der Waals surface area contributed by atoms with Crippen molar-refractivity contribution in [3.05, 3.63) is 23.6 Å². The van der Waals surface area contributed by atoms with Crippen LogP contribution in [-0.2, 0) is 4.74 Å². The van der Waals surface area contributed by atoms with E-state index < -0.39 is 23.0 Å². The molecule has 7 heteroatoms. The molecule has 2 heterocycles. The molecule has 0 spiro atoms. The van der Waals surface area contributed by atoms with Crippen molar-refractivity contribution in [2.24, 2.45) is 0 Å². The Kier molecular flexibility index (Phi) is 3.96. The number of carboxylic acids is 1. The molecule has 0 radical (unpaired) electrons. The Balaban J connectivity index is 2.07. The van der Waals surface area contributed by atoms with Gasteiger partial charge in [-0.05, 0) is 6.07 Å². The number of pyridine rings is 1. The van der Waals surface area contributed by atoms with Gasteiger partial charge >= 0.3 is 5.97 Å². The maximum Gasteiger partial charge on any atom is 0.338 e. The summed E-state index contributed by atoms with van der Waals surface area (Å²) >= 11 is 0. The fourth-order valence-corrected chi connectivity index (χ4v) is 1.91. The van der Waals surface area contributed by atoms with Crippen LogP contribution in [0.1, 0.15) is 23.2 Å². The summed E-state index contributed by atoms with van der Waals surface area (Å²) in [5.74, 6) is -2.45. The lowest BCUT2D eigenvalue weighted by Gasteiger charge is -2.32. The van der Waals surface area contributed by atoms with Crippen molar-refractivity contribution in [2.45, 2.75) is 18.4 Å². The third-order valence-electron chi connectivity index (χ3n) is 3.13. The second kappa shape index (κ2) is 5.50. The van der Waals surface area contributed by atoms with Gasteiger partial charge in [-0.1, -0.05) is 0 Å². The van der Waals surface area contributed by atoms with Gasteiger partial charge in [0.2, 0.25) is 0 Å². The van der Waals surface area contributed by atoms with Gasteiger partial charge in [0, 0.05) is 38.8 Å². The Labute approximate surface area is 109 Å². The predicted octanol–water partition coefficient (Wildman–Crippen LogP) is 0.872. The molecule has 104 valence electrons. The van der Waals surface area contributed by atoms with E-state index in [-0.39, 0.29) is 12.4 Å². The molecule has 0 unspecified atom stereocenters. The summed E-state index contributed by atoms with van der Waals surface area (Å²) < 4.78 is 18.9. The summed E-state index contributed by atoms with van der Waals surface area (Å²) in [7, 11) is 0. The number of carboxylic acid groups (broad SMARTS) is 1. The summed E-state index contributed by atoms with van der Waals surface area (Å²) in [4.78, 5) is 14.5. The van der Waals surface area contributed by atoms with Gasteiger partial charge < -0.3 is 20.3 Å². The van der Waals surface area contributed by atoms with E-state index in [2.05, 4.69) is 10.3 Å². The molecule has 1 saturated heterocycles. The van der Waals surface area contributed by atoms with Gasteiger partial charge in [-0.3, -0.25) is 0 Å². The lowest BCUT2D eigenvalue weighted by Crippen LogP contribution is -2.42. The van der Waals surface area contributed by atoms with E-state index in [9.17, 15) is 14.3 Å². The Hall–Kier alpha value is -1.73. The van der Waals surface area contributed by atoms with Crippen LogP contribution in [0.2, 0.25) is 0 Å². The molecule has 19 heavy (non-hydrogen) atoms. The molecule has 1 aliphatic rings. The van der Waals surface area contributed by atoms with Crippen LogP contribution >= 0.6 is 0 Å². The number of nitrogens with one attached hydrogen (secondary N) is 1. The van der Waals surface area contributed by atoms with Crippen molar-refractivity contribution >= 4 is 11.8 Å². The van der Waals surface area contributed by atoms with E-state index in [1.54, 1.807) is 0 Å². The topological polar surface area (TPSA) is 91.7 Å². The summed E-state index contributed by atoms with van der Waals surface area (Å²) in [5.41, 5.74) is -1.43. The summed E-state index contributed by atoms with van der Waals surface area (Å²) in [6.07, 6.45) is 2.10. The van der Waals surface area contributed by atoms with E-state index in [1.165, 1.54) is 6.20 Å². The molecular weight excluding hydrogens is 255 g/mol. The number of halogens is 1. The SMILES string of the molecule is O=C(O)c1ccnc(NCC2(O)CCOCC2)c1F. The molecule has 1 fully saturated rings. The van der Waals surface area contributed by atoms with Gasteiger partial charge in [0.1, 0.15) is 5.56 Å². The first-order valence-corrected chi connectivity index (χ1v) is 5.94. The van der Waals surface area contributed by atoms with E-state index in [4.69, 9.17) is 9.84 Å². The van der Waals surface area contributed by atoms with Crippen LogP contribution in [0.4, 0.5) is 10.2 Å². The highest BCUT2D eigenvalue weighted by atomic mass is 19.1. The molecule has 0 saturated carbocycles. The van der Waals surface area contributed by atoms with Crippen molar-refractivity contribution in [1.82, 2.24) is 4.98 Å². The minimum Gasteiger partial charge on any atom is -0.478 e. The van der Waals surface area contributed by atoms with Crippen LogP contribution < -0.4 is 5.32 Å². The molecule has 0 aliphatic carbocycles. The average molecular weight is 270 g/mol. The first-order chi connectivity index (χ1) is 9.02. The first kappa shape index (κ1) is 13.7. The van der Waals surface area contributed by atoms with E-state index in [0.717, 1.165) is 6.07 Å². The summed E-state index contributed by atoms with van der Waals surface area (Å²) in [6.45, 7) is 0.996. The predicted molar refractivity (Wildman–Crippen MR) is 64.6 cm³/mol. The van der Waals surface area contributed by atoms with Crippen molar-refractivity contribution < 1.29 is 24.1 Å². The molecule has 3 N–H and O–H groups in total. The van der Waals surface area contributed by atoms with Gasteiger partial charge in [-0.15, -0.1) is 0 Å². The number of hydrogen-bond donors (Lipinski definition) is 3. The number of rotatable bonds is 4. The van der Waals surface area contributed by atoms with Gasteiger partial charge in [0.25, 0.3) is 0 Å². The van der Waals surface area contributed by atoms with Crippen molar-refractivity contribution in [1.29, 1.82) is 0 Å². The van der Waals surface area contributed by atoms with E-state index in [1.807, 2.05) is 0 Å². The number of carbonyl (C=O) groups is 1. The third-order valence-corrected chi connectivity index (χ3v) is 3.13. The number of nitrogens with zero attached hydrogens (tertiary/aromatic N) is 1. The fraction of sp³-hybridized carbons (Fsp3) is 0.500. The lowest BCUT2D eigenvalue weighted by molar-refractivity contribution is -0.0544. The largest absolute Gasteiger partial charge is 0.478 e. The average Bonchev–Trinajstić information content (AvgIpc) is 2.38. The van der Waals surface area contributed by atoms with Crippen LogP contribution in [0, 0.1) is 5.82 Å². The van der Waals surface area contributed by atoms with Gasteiger partial charge in [0.15, 0.2) is 11.6 Å². The second-order valence-corrected chi connectivity index (χ2v) is 4.52. The molecule has 1 aliphatic heterocycles. The zero-order chi connectivity index (χ0) is 13.9. The zero-order valence-electron chi connectivity index (χ0n) is 10.2. The Morgan fingerprint density at radius 1 is 1.53 bits per heavy atom. The molecular formula is C12H15FN2O4. The van der Waals surface area contributed by atoms with Crippen LogP contribution in [0.15, 0.2) is 12.3 Å². The Morgan fingerprint density at radius 3 is 2.84 bits per heavy atom. The molecule has 1 aromatic heterocycles. The van der Waals surface area contributed by atoms with Crippen molar-refractivity contribution in [2.75, 3.05) is 25.1 Å². The monoisotopic (exact) mass is 270 g/mol. The Bertz CT molecular complexity index is 475. The highest BCUT2D eigenvalue weighted by Crippen LogP contribution is 2.22. The number of aliphatic hydroxyl groups is 1. The molecule has 6 nitrogen and oxygen atoms in total. The summed E-state index contributed by atoms with van der Waals surface area (Å²) in [6, 6.07) is 1.09. The molecule has 2 rings (SSSR count). The third kappa shape index (κ3) is 3.18. The molecule has 0 bridgehead atoms. The van der Waals surface area contributed by atoms with Crippen LogP contribution in [0.3, 0.4) is 0 Å². The fourth-order valence-electron chi connectivity index (χ4n) is 1.91. The normalized spacial score (nSPS) is 18.0. The molecule has 0 aromatic carbocycles. The number of aromatic carboxylic acids is 1. The lowest BCUT2D eigenvalue weighted by atomic mass is 9.94. The molecule has 1 aromatic rings. The van der Waals surface area contributed by atoms with E-state index in [0.29, 0.717) is 26.1 Å². The quantitative estimate of drug-likeness (QED) is 0.752. The maximum absolute atomic E-state index is 13.8. The molecule has 0 amide bonds. The van der Waals surface area contributed by atoms with Gasteiger partial charge in [-0.2, -0.15) is 0 Å². The van der Waals surface area contributed by atoms with Crippen LogP contribution in [0.5, 0.6) is 0 Å². The summed E-state index contributed by atoms with van der Waals surface area (Å²) in [5, 5.41) is 21.7. The second-order valence-electron chi connectivity index (χ2n) is 4.52. The minimum atomic E-state index is -1.35. The number of hydrogen-bond acceptors (Lipinski definition) is 5. The number of anilines is 1. The highest BCUT2D eigenvalue weighted by Gasteiger charge is 2.30. The van der Waals surface area contributed by atoms with Crippen molar-refractivity contribution in [3.8, 4) is 0 Å². The highest BCUT2D eigenvalue weighted by molar-refractivity contribution is 5.88. The van der Waals surface area contributed by atoms with Crippen LogP contribution in [-0.4, -0.2) is 46.5 Å².